The second kappa shape index (κ2) is 5.10. The van der Waals surface area contributed by atoms with Crippen molar-refractivity contribution in [2.75, 3.05) is 6.54 Å². The molecule has 2 N–H and O–H groups in total. The van der Waals surface area contributed by atoms with Crippen LogP contribution in [0.3, 0.4) is 0 Å². The maximum atomic E-state index is 11.6. The number of carbonyl (C=O) groups excluding carboxylic acids is 1. The predicted octanol–water partition coefficient (Wildman–Crippen LogP) is 1.52. The monoisotopic (exact) mass is 231 g/mol. The number of rotatable bonds is 5. The maximum Gasteiger partial charge on any atom is 0.140 e. The van der Waals surface area contributed by atoms with Crippen molar-refractivity contribution >= 4 is 16.7 Å². The quantitative estimate of drug-likeness (QED) is 0.848. The molecule has 0 atom stereocenters. The Morgan fingerprint density at radius 2 is 2.18 bits per heavy atom. The van der Waals surface area contributed by atoms with Gasteiger partial charge in [-0.25, -0.2) is 0 Å². The summed E-state index contributed by atoms with van der Waals surface area (Å²) in [5.41, 5.74) is 7.33. The first-order chi connectivity index (χ1) is 8.26. The van der Waals surface area contributed by atoms with E-state index in [9.17, 15) is 4.79 Å². The molecular weight excluding hydrogens is 214 g/mol. The molecule has 0 fully saturated rings. The zero-order valence-corrected chi connectivity index (χ0v) is 10.0. The molecule has 0 radical (unpaired) electrons. The average molecular weight is 231 g/mol. The van der Waals surface area contributed by atoms with Crippen LogP contribution in [-0.2, 0) is 17.8 Å². The van der Waals surface area contributed by atoms with E-state index in [0.717, 1.165) is 23.1 Å². The molecule has 17 heavy (non-hydrogen) atoms. The summed E-state index contributed by atoms with van der Waals surface area (Å²) < 4.78 is 1.93. The van der Waals surface area contributed by atoms with Crippen LogP contribution in [0.4, 0.5) is 0 Å². The Hall–Kier alpha value is -1.68. The molecule has 0 aliphatic carbocycles. The average Bonchev–Trinajstić information content (AvgIpc) is 2.68. The lowest BCUT2D eigenvalue weighted by Crippen LogP contribution is -2.10. The number of aryl methyl sites for hydroxylation is 1. The Morgan fingerprint density at radius 3 is 2.88 bits per heavy atom. The summed E-state index contributed by atoms with van der Waals surface area (Å²) in [4.78, 5) is 11.6. The molecule has 1 aromatic heterocycles. The van der Waals surface area contributed by atoms with Gasteiger partial charge in [-0.05, 0) is 19.5 Å². The van der Waals surface area contributed by atoms with Crippen LogP contribution in [0.5, 0.6) is 0 Å². The molecule has 0 amide bonds. The number of para-hydroxylation sites is 1. The minimum atomic E-state index is 0.152. The normalized spacial score (nSPS) is 10.9. The second-order valence-corrected chi connectivity index (χ2v) is 4.03. The highest BCUT2D eigenvalue weighted by Crippen LogP contribution is 2.19. The molecule has 0 saturated heterocycles. The Balaban J connectivity index is 2.37. The van der Waals surface area contributed by atoms with E-state index in [-0.39, 0.29) is 5.78 Å². The minimum absolute atomic E-state index is 0.152. The van der Waals surface area contributed by atoms with Crippen LogP contribution < -0.4 is 5.73 Å². The lowest BCUT2D eigenvalue weighted by atomic mass is 10.1. The Labute approximate surface area is 100 Å². The number of nitrogens with zero attached hydrogens (tertiary/aromatic N) is 2. The summed E-state index contributed by atoms with van der Waals surface area (Å²) in [7, 11) is 0. The molecule has 0 saturated carbocycles. The van der Waals surface area contributed by atoms with E-state index in [1.54, 1.807) is 0 Å². The fourth-order valence-corrected chi connectivity index (χ4v) is 2.00. The highest BCUT2D eigenvalue weighted by atomic mass is 16.1. The van der Waals surface area contributed by atoms with Crippen LogP contribution in [0.15, 0.2) is 24.3 Å². The first-order valence-corrected chi connectivity index (χ1v) is 5.92. The number of aromatic nitrogens is 2. The lowest BCUT2D eigenvalue weighted by molar-refractivity contribution is -0.118. The Kier molecular flexibility index (Phi) is 3.54. The fourth-order valence-electron chi connectivity index (χ4n) is 2.00. The number of ketones is 1. The molecular formula is C13H17N3O. The molecule has 4 nitrogen and oxygen atoms in total. The largest absolute Gasteiger partial charge is 0.330 e. The molecule has 90 valence electrons. The van der Waals surface area contributed by atoms with E-state index in [1.165, 1.54) is 0 Å². The van der Waals surface area contributed by atoms with E-state index >= 15 is 0 Å². The third kappa shape index (κ3) is 2.36. The summed E-state index contributed by atoms with van der Waals surface area (Å²) in [5.74, 6) is 0.152. The van der Waals surface area contributed by atoms with E-state index < -0.39 is 0 Å². The van der Waals surface area contributed by atoms with E-state index in [0.29, 0.717) is 19.4 Å². The summed E-state index contributed by atoms with van der Waals surface area (Å²) in [6.07, 6.45) is 0.804. The van der Waals surface area contributed by atoms with E-state index in [2.05, 4.69) is 5.10 Å². The number of carbonyl (C=O) groups is 1. The van der Waals surface area contributed by atoms with Gasteiger partial charge in [0.1, 0.15) is 5.78 Å². The van der Waals surface area contributed by atoms with Gasteiger partial charge < -0.3 is 5.73 Å². The fraction of sp³-hybridized carbons (Fsp3) is 0.385. The minimum Gasteiger partial charge on any atom is -0.330 e. The van der Waals surface area contributed by atoms with Gasteiger partial charge in [-0.15, -0.1) is 0 Å². The second-order valence-electron chi connectivity index (χ2n) is 4.03. The molecule has 1 heterocycles. The first kappa shape index (κ1) is 11.8. The maximum absolute atomic E-state index is 11.6. The third-order valence-corrected chi connectivity index (χ3v) is 2.82. The molecule has 2 rings (SSSR count). The van der Waals surface area contributed by atoms with Crippen molar-refractivity contribution in [2.24, 2.45) is 5.73 Å². The van der Waals surface area contributed by atoms with Gasteiger partial charge in [0.25, 0.3) is 0 Å². The molecule has 4 heteroatoms. The number of hydrogen-bond donors (Lipinski definition) is 1. The lowest BCUT2D eigenvalue weighted by Gasteiger charge is -1.96. The van der Waals surface area contributed by atoms with Gasteiger partial charge in [0.2, 0.25) is 0 Å². The molecule has 0 unspecified atom stereocenters. The van der Waals surface area contributed by atoms with Crippen LogP contribution in [0.25, 0.3) is 10.9 Å². The molecule has 0 aliphatic rings. The number of benzene rings is 1. The van der Waals surface area contributed by atoms with Crippen LogP contribution in [-0.4, -0.2) is 22.1 Å². The van der Waals surface area contributed by atoms with Crippen molar-refractivity contribution in [3.05, 3.63) is 30.0 Å². The summed E-state index contributed by atoms with van der Waals surface area (Å²) >= 11 is 0. The van der Waals surface area contributed by atoms with Gasteiger partial charge in [-0.2, -0.15) is 5.10 Å². The standard InChI is InChI=1S/C13H17N3O/c1-2-16-13-6-4-3-5-11(13)12(15-16)9-10(17)7-8-14/h3-6H,2,7-9,14H2,1H3. The summed E-state index contributed by atoms with van der Waals surface area (Å²) in [6.45, 7) is 3.27. The molecule has 2 aromatic rings. The van der Waals surface area contributed by atoms with Gasteiger partial charge in [0.15, 0.2) is 0 Å². The van der Waals surface area contributed by atoms with Crippen LogP contribution >= 0.6 is 0 Å². The Morgan fingerprint density at radius 1 is 1.41 bits per heavy atom. The number of hydrogen-bond acceptors (Lipinski definition) is 3. The van der Waals surface area contributed by atoms with E-state index in [1.807, 2.05) is 35.9 Å². The van der Waals surface area contributed by atoms with Crippen molar-refractivity contribution in [1.82, 2.24) is 9.78 Å². The predicted molar refractivity (Wildman–Crippen MR) is 67.8 cm³/mol. The van der Waals surface area contributed by atoms with Crippen molar-refractivity contribution in [3.63, 3.8) is 0 Å². The first-order valence-electron chi connectivity index (χ1n) is 5.92. The molecule has 0 bridgehead atoms. The van der Waals surface area contributed by atoms with Crippen molar-refractivity contribution in [1.29, 1.82) is 0 Å². The highest BCUT2D eigenvalue weighted by Gasteiger charge is 2.12. The van der Waals surface area contributed by atoms with Gasteiger partial charge in [-0.3, -0.25) is 9.48 Å². The van der Waals surface area contributed by atoms with Crippen LogP contribution in [0.1, 0.15) is 19.0 Å². The highest BCUT2D eigenvalue weighted by molar-refractivity contribution is 5.88. The van der Waals surface area contributed by atoms with Crippen LogP contribution in [0.2, 0.25) is 0 Å². The summed E-state index contributed by atoms with van der Waals surface area (Å²) in [5, 5.41) is 5.55. The smallest absolute Gasteiger partial charge is 0.140 e. The number of Topliss-reactive ketones (excluding diaryl/α,β-unsaturated/α-hetero) is 1. The van der Waals surface area contributed by atoms with Gasteiger partial charge >= 0.3 is 0 Å². The zero-order chi connectivity index (χ0) is 12.3. The van der Waals surface area contributed by atoms with Crippen molar-refractivity contribution in [3.8, 4) is 0 Å². The van der Waals surface area contributed by atoms with Crippen molar-refractivity contribution < 1.29 is 4.79 Å². The van der Waals surface area contributed by atoms with Gasteiger partial charge in [-0.1, -0.05) is 18.2 Å². The van der Waals surface area contributed by atoms with Crippen LogP contribution in [0, 0.1) is 0 Å². The SMILES string of the molecule is CCn1nc(CC(=O)CCN)c2ccccc21. The number of nitrogens with two attached hydrogens (primary N) is 1. The van der Waals surface area contributed by atoms with Gasteiger partial charge in [0, 0.05) is 18.4 Å². The van der Waals surface area contributed by atoms with E-state index in [4.69, 9.17) is 5.73 Å². The van der Waals surface area contributed by atoms with Crippen molar-refractivity contribution in [2.45, 2.75) is 26.3 Å². The molecule has 0 aliphatic heterocycles. The molecule has 0 spiro atoms. The third-order valence-electron chi connectivity index (χ3n) is 2.82. The summed E-state index contributed by atoms with van der Waals surface area (Å²) in [6, 6.07) is 8.00. The number of fused-ring (bicyclic) bond motifs is 1. The topological polar surface area (TPSA) is 60.9 Å². The molecule has 1 aromatic carbocycles. The zero-order valence-electron chi connectivity index (χ0n) is 10.0. The van der Waals surface area contributed by atoms with Gasteiger partial charge in [0.05, 0.1) is 17.6 Å². The Bertz CT molecular complexity index is 530.